The molecule has 1 saturated carbocycles. The molecular weight excluding hydrogens is 238 g/mol. The monoisotopic (exact) mass is 261 g/mol. The Morgan fingerprint density at radius 1 is 1.26 bits per heavy atom. The van der Waals surface area contributed by atoms with E-state index in [1.54, 1.807) is 0 Å². The lowest BCUT2D eigenvalue weighted by atomic mass is 9.92. The van der Waals surface area contributed by atoms with E-state index < -0.39 is 0 Å². The van der Waals surface area contributed by atoms with E-state index in [4.69, 9.17) is 9.47 Å². The van der Waals surface area contributed by atoms with Gasteiger partial charge in [-0.2, -0.15) is 0 Å². The van der Waals surface area contributed by atoms with Crippen molar-refractivity contribution >= 4 is 0 Å². The van der Waals surface area contributed by atoms with Gasteiger partial charge < -0.3 is 14.8 Å². The molecule has 19 heavy (non-hydrogen) atoms. The summed E-state index contributed by atoms with van der Waals surface area (Å²) in [7, 11) is 0. The minimum absolute atomic E-state index is 0.292. The van der Waals surface area contributed by atoms with Crippen LogP contribution < -0.4 is 14.8 Å². The van der Waals surface area contributed by atoms with Gasteiger partial charge in [-0.25, -0.2) is 0 Å². The average molecular weight is 261 g/mol. The molecule has 0 radical (unpaired) electrons. The van der Waals surface area contributed by atoms with Crippen LogP contribution in [0, 0.1) is 5.92 Å². The van der Waals surface area contributed by atoms with Gasteiger partial charge in [0.2, 0.25) is 0 Å². The molecule has 104 valence electrons. The summed E-state index contributed by atoms with van der Waals surface area (Å²) in [4.78, 5) is 0. The van der Waals surface area contributed by atoms with Crippen molar-refractivity contribution in [1.29, 1.82) is 0 Å². The largest absolute Gasteiger partial charge is 0.486 e. The Bertz CT molecular complexity index is 472. The second-order valence-electron chi connectivity index (χ2n) is 6.16. The Labute approximate surface area is 115 Å². The van der Waals surface area contributed by atoms with E-state index in [-0.39, 0.29) is 0 Å². The van der Waals surface area contributed by atoms with Crippen molar-refractivity contribution in [3.63, 3.8) is 0 Å². The molecule has 1 aliphatic carbocycles. The predicted molar refractivity (Wildman–Crippen MR) is 76.0 cm³/mol. The normalized spacial score (nSPS) is 28.5. The number of rotatable bonds is 4. The molecule has 1 N–H and O–H groups in total. The first-order valence-corrected chi connectivity index (χ1v) is 7.25. The highest BCUT2D eigenvalue weighted by Crippen LogP contribution is 2.54. The molecule has 1 aromatic rings. The molecule has 2 aliphatic rings. The SMILES string of the molecule is CC(C)NCC1(c2ccc3c(c2)OCCO3)CC1C. The van der Waals surface area contributed by atoms with Crippen LogP contribution in [-0.2, 0) is 5.41 Å². The smallest absolute Gasteiger partial charge is 0.161 e. The van der Waals surface area contributed by atoms with Gasteiger partial charge >= 0.3 is 0 Å². The molecule has 1 aliphatic heterocycles. The summed E-state index contributed by atoms with van der Waals surface area (Å²) < 4.78 is 11.3. The second-order valence-corrected chi connectivity index (χ2v) is 6.16. The highest BCUT2D eigenvalue weighted by atomic mass is 16.6. The van der Waals surface area contributed by atoms with E-state index in [9.17, 15) is 0 Å². The highest BCUT2D eigenvalue weighted by molar-refractivity contribution is 5.48. The molecule has 2 unspecified atom stereocenters. The number of fused-ring (bicyclic) bond motifs is 1. The third-order valence-electron chi connectivity index (χ3n) is 4.40. The standard InChI is InChI=1S/C16H23NO2/c1-11(2)17-10-16(9-12(16)3)13-4-5-14-15(8-13)19-7-6-18-14/h4-5,8,11-12,17H,6-7,9-10H2,1-3H3. The van der Waals surface area contributed by atoms with Crippen LogP contribution in [0.15, 0.2) is 18.2 Å². The quantitative estimate of drug-likeness (QED) is 0.904. The van der Waals surface area contributed by atoms with Crippen molar-refractivity contribution in [2.75, 3.05) is 19.8 Å². The van der Waals surface area contributed by atoms with Crippen LogP contribution in [0.2, 0.25) is 0 Å². The van der Waals surface area contributed by atoms with Crippen LogP contribution in [0.25, 0.3) is 0 Å². The molecule has 0 saturated heterocycles. The first-order valence-electron chi connectivity index (χ1n) is 7.25. The van der Waals surface area contributed by atoms with Crippen molar-refractivity contribution in [3.05, 3.63) is 23.8 Å². The molecule has 3 heteroatoms. The molecular formula is C16H23NO2. The minimum Gasteiger partial charge on any atom is -0.486 e. The number of nitrogens with one attached hydrogen (secondary N) is 1. The van der Waals surface area contributed by atoms with Crippen LogP contribution in [0.3, 0.4) is 0 Å². The maximum Gasteiger partial charge on any atom is 0.161 e. The number of benzene rings is 1. The summed E-state index contributed by atoms with van der Waals surface area (Å²) in [5.41, 5.74) is 1.68. The van der Waals surface area contributed by atoms with Crippen molar-refractivity contribution in [1.82, 2.24) is 5.32 Å². The lowest BCUT2D eigenvalue weighted by Crippen LogP contribution is -2.33. The third-order valence-corrected chi connectivity index (χ3v) is 4.40. The third kappa shape index (κ3) is 2.32. The highest BCUT2D eigenvalue weighted by Gasteiger charge is 2.52. The number of ether oxygens (including phenoxy) is 2. The number of hydrogen-bond donors (Lipinski definition) is 1. The zero-order valence-electron chi connectivity index (χ0n) is 12.0. The van der Waals surface area contributed by atoms with Gasteiger partial charge in [0, 0.05) is 18.0 Å². The predicted octanol–water partition coefficient (Wildman–Crippen LogP) is 2.73. The molecule has 2 atom stereocenters. The van der Waals surface area contributed by atoms with Crippen LogP contribution >= 0.6 is 0 Å². The van der Waals surface area contributed by atoms with E-state index in [0.29, 0.717) is 24.7 Å². The fourth-order valence-electron chi connectivity index (χ4n) is 2.98. The van der Waals surface area contributed by atoms with Crippen LogP contribution in [0.5, 0.6) is 11.5 Å². The van der Waals surface area contributed by atoms with Gasteiger partial charge in [-0.05, 0) is 30.0 Å². The van der Waals surface area contributed by atoms with E-state index >= 15 is 0 Å². The summed E-state index contributed by atoms with van der Waals surface area (Å²) in [6.45, 7) is 9.09. The Morgan fingerprint density at radius 3 is 2.58 bits per heavy atom. The summed E-state index contributed by atoms with van der Waals surface area (Å²) in [5, 5.41) is 3.59. The topological polar surface area (TPSA) is 30.5 Å². The first-order chi connectivity index (χ1) is 9.12. The maximum atomic E-state index is 5.70. The lowest BCUT2D eigenvalue weighted by molar-refractivity contribution is 0.171. The summed E-state index contributed by atoms with van der Waals surface area (Å²) in [5.74, 6) is 2.53. The second kappa shape index (κ2) is 4.71. The number of hydrogen-bond acceptors (Lipinski definition) is 3. The fraction of sp³-hybridized carbons (Fsp3) is 0.625. The van der Waals surface area contributed by atoms with Crippen molar-refractivity contribution in [2.24, 2.45) is 5.92 Å². The van der Waals surface area contributed by atoms with Gasteiger partial charge in [0.15, 0.2) is 11.5 Å². The Morgan fingerprint density at radius 2 is 1.95 bits per heavy atom. The zero-order valence-corrected chi connectivity index (χ0v) is 12.0. The van der Waals surface area contributed by atoms with E-state index in [2.05, 4.69) is 44.3 Å². The van der Waals surface area contributed by atoms with Crippen molar-refractivity contribution in [3.8, 4) is 11.5 Å². The van der Waals surface area contributed by atoms with Crippen LogP contribution in [0.1, 0.15) is 32.8 Å². The van der Waals surface area contributed by atoms with Crippen LogP contribution in [0.4, 0.5) is 0 Å². The lowest BCUT2D eigenvalue weighted by Gasteiger charge is -2.23. The molecule has 0 aromatic heterocycles. The van der Waals surface area contributed by atoms with Gasteiger partial charge in [-0.3, -0.25) is 0 Å². The average Bonchev–Trinajstić information content (AvgIpc) is 3.08. The van der Waals surface area contributed by atoms with E-state index in [1.807, 2.05) is 0 Å². The Balaban J connectivity index is 1.84. The van der Waals surface area contributed by atoms with Gasteiger partial charge in [-0.15, -0.1) is 0 Å². The van der Waals surface area contributed by atoms with E-state index in [0.717, 1.165) is 24.0 Å². The molecule has 3 rings (SSSR count). The molecule has 1 heterocycles. The first kappa shape index (κ1) is 12.8. The zero-order chi connectivity index (χ0) is 13.5. The summed E-state index contributed by atoms with van der Waals surface area (Å²) in [6.07, 6.45) is 1.26. The Hall–Kier alpha value is -1.22. The summed E-state index contributed by atoms with van der Waals surface area (Å²) >= 11 is 0. The molecule has 3 nitrogen and oxygen atoms in total. The molecule has 0 bridgehead atoms. The van der Waals surface area contributed by atoms with Crippen LogP contribution in [-0.4, -0.2) is 25.8 Å². The maximum absolute atomic E-state index is 5.70. The Kier molecular flexibility index (Phi) is 3.17. The molecule has 1 fully saturated rings. The van der Waals surface area contributed by atoms with E-state index in [1.165, 1.54) is 12.0 Å². The molecule has 0 spiro atoms. The van der Waals surface area contributed by atoms with Gasteiger partial charge in [0.1, 0.15) is 13.2 Å². The van der Waals surface area contributed by atoms with Crippen molar-refractivity contribution in [2.45, 2.75) is 38.6 Å². The van der Waals surface area contributed by atoms with Gasteiger partial charge in [-0.1, -0.05) is 26.8 Å². The summed E-state index contributed by atoms with van der Waals surface area (Å²) in [6, 6.07) is 6.98. The van der Waals surface area contributed by atoms with Gasteiger partial charge in [0.25, 0.3) is 0 Å². The van der Waals surface area contributed by atoms with Crippen molar-refractivity contribution < 1.29 is 9.47 Å². The molecule has 1 aromatic carbocycles. The minimum atomic E-state index is 0.292. The van der Waals surface area contributed by atoms with Gasteiger partial charge in [0.05, 0.1) is 0 Å². The molecule has 0 amide bonds. The fourth-order valence-corrected chi connectivity index (χ4v) is 2.98.